The monoisotopic (exact) mass is 426 g/mol. The third-order valence-electron chi connectivity index (χ3n) is 3.43. The van der Waals surface area contributed by atoms with E-state index in [1.165, 1.54) is 30.6 Å². The molecule has 3 aromatic rings. The fourth-order valence-electron chi connectivity index (χ4n) is 2.24. The number of fused-ring (bicyclic) bond motifs is 1. The highest BCUT2D eigenvalue weighted by molar-refractivity contribution is 7.89. The number of anilines is 1. The Hall–Kier alpha value is -2.46. The molecule has 8 nitrogen and oxygen atoms in total. The quantitative estimate of drug-likeness (QED) is 0.645. The van der Waals surface area contributed by atoms with E-state index in [1.54, 1.807) is 12.1 Å². The van der Waals surface area contributed by atoms with Crippen LogP contribution in [0.3, 0.4) is 0 Å². The molecule has 27 heavy (non-hydrogen) atoms. The van der Waals surface area contributed by atoms with Crippen LogP contribution in [-0.2, 0) is 14.8 Å². The number of primary sulfonamides is 1. The van der Waals surface area contributed by atoms with Crippen molar-refractivity contribution in [3.8, 4) is 5.88 Å². The molecular formula is C16H12Cl2N4O4S. The van der Waals surface area contributed by atoms with Crippen LogP contribution in [0.4, 0.5) is 5.69 Å². The molecular weight excluding hydrogens is 415 g/mol. The van der Waals surface area contributed by atoms with Crippen LogP contribution >= 0.6 is 23.2 Å². The van der Waals surface area contributed by atoms with Crippen LogP contribution in [-0.4, -0.2) is 30.9 Å². The summed E-state index contributed by atoms with van der Waals surface area (Å²) < 4.78 is 27.9. The number of nitrogens with two attached hydrogens (primary N) is 1. The highest BCUT2D eigenvalue weighted by Gasteiger charge is 2.12. The fraction of sp³-hybridized carbons (Fsp3) is 0.0625. The number of rotatable bonds is 5. The third-order valence-corrected chi connectivity index (χ3v) is 4.86. The second-order valence-electron chi connectivity index (χ2n) is 5.37. The van der Waals surface area contributed by atoms with Gasteiger partial charge in [-0.3, -0.25) is 4.79 Å². The Labute approximate surface area is 164 Å². The molecule has 0 radical (unpaired) electrons. The molecule has 2 aromatic carbocycles. The molecule has 1 amide bonds. The summed E-state index contributed by atoms with van der Waals surface area (Å²) in [6.07, 6.45) is 1.27. The van der Waals surface area contributed by atoms with Crippen LogP contribution in [0.25, 0.3) is 10.9 Å². The van der Waals surface area contributed by atoms with Gasteiger partial charge in [0, 0.05) is 10.7 Å². The topological polar surface area (TPSA) is 124 Å². The number of ether oxygens (including phenoxy) is 1. The summed E-state index contributed by atoms with van der Waals surface area (Å²) in [6.45, 7) is -0.340. The minimum absolute atomic E-state index is 0.0574. The number of aromatic nitrogens is 2. The highest BCUT2D eigenvalue weighted by Crippen LogP contribution is 2.30. The van der Waals surface area contributed by atoms with Gasteiger partial charge in [-0.05, 0) is 36.4 Å². The zero-order valence-electron chi connectivity index (χ0n) is 13.5. The summed E-state index contributed by atoms with van der Waals surface area (Å²) in [5.41, 5.74) is 0.833. The Morgan fingerprint density at radius 3 is 2.52 bits per heavy atom. The summed E-state index contributed by atoms with van der Waals surface area (Å²) in [7, 11) is -3.80. The Morgan fingerprint density at radius 2 is 1.85 bits per heavy atom. The molecule has 0 fully saturated rings. The summed E-state index contributed by atoms with van der Waals surface area (Å²) in [6, 6.07) is 8.53. The van der Waals surface area contributed by atoms with Crippen molar-refractivity contribution in [2.75, 3.05) is 11.9 Å². The lowest BCUT2D eigenvalue weighted by Crippen LogP contribution is -2.20. The van der Waals surface area contributed by atoms with Crippen molar-refractivity contribution in [1.29, 1.82) is 0 Å². The smallest absolute Gasteiger partial charge is 0.262 e. The lowest BCUT2D eigenvalue weighted by molar-refractivity contribution is -0.118. The highest BCUT2D eigenvalue weighted by atomic mass is 35.5. The molecule has 0 aliphatic rings. The van der Waals surface area contributed by atoms with E-state index in [4.69, 9.17) is 33.1 Å². The number of hydrogen-bond acceptors (Lipinski definition) is 6. The van der Waals surface area contributed by atoms with Crippen LogP contribution in [0, 0.1) is 0 Å². The van der Waals surface area contributed by atoms with E-state index in [1.807, 2.05) is 0 Å². The van der Waals surface area contributed by atoms with Gasteiger partial charge in [0.15, 0.2) is 6.61 Å². The summed E-state index contributed by atoms with van der Waals surface area (Å²) in [5.74, 6) is -0.317. The zero-order chi connectivity index (χ0) is 19.6. The molecule has 11 heteroatoms. The van der Waals surface area contributed by atoms with Gasteiger partial charge in [-0.1, -0.05) is 23.2 Å². The van der Waals surface area contributed by atoms with Gasteiger partial charge in [0.2, 0.25) is 15.9 Å². The SMILES string of the molecule is NS(=O)(=O)c1ccc(NC(=O)COc2ncnc3c(Cl)cc(Cl)cc23)cc1. The van der Waals surface area contributed by atoms with Gasteiger partial charge in [0.1, 0.15) is 6.33 Å². The van der Waals surface area contributed by atoms with Gasteiger partial charge in [-0.25, -0.2) is 23.5 Å². The van der Waals surface area contributed by atoms with Crippen LogP contribution < -0.4 is 15.2 Å². The first-order chi connectivity index (χ1) is 12.7. The number of nitrogens with one attached hydrogen (secondary N) is 1. The van der Waals surface area contributed by atoms with Gasteiger partial charge in [-0.2, -0.15) is 0 Å². The normalized spacial score (nSPS) is 11.4. The van der Waals surface area contributed by atoms with E-state index in [-0.39, 0.29) is 17.4 Å². The first kappa shape index (κ1) is 19.3. The number of carbonyl (C=O) groups excluding carboxylic acids is 1. The standard InChI is InChI=1S/C16H12Cl2N4O4S/c17-9-5-12-15(13(18)6-9)20-8-21-16(12)26-7-14(23)22-10-1-3-11(4-2-10)27(19,24)25/h1-6,8H,7H2,(H,22,23)(H2,19,24,25). The molecule has 0 bridgehead atoms. The average Bonchev–Trinajstić information content (AvgIpc) is 2.59. The molecule has 0 spiro atoms. The average molecular weight is 427 g/mol. The molecule has 0 unspecified atom stereocenters. The number of benzene rings is 2. The largest absolute Gasteiger partial charge is 0.467 e. The van der Waals surface area contributed by atoms with Crippen molar-refractivity contribution in [3.63, 3.8) is 0 Å². The molecule has 1 aromatic heterocycles. The molecule has 0 atom stereocenters. The van der Waals surface area contributed by atoms with Crippen molar-refractivity contribution < 1.29 is 17.9 Å². The van der Waals surface area contributed by atoms with Crippen molar-refractivity contribution in [1.82, 2.24) is 9.97 Å². The van der Waals surface area contributed by atoms with E-state index in [0.29, 0.717) is 26.6 Å². The Balaban J connectivity index is 1.70. The number of hydrogen-bond donors (Lipinski definition) is 2. The van der Waals surface area contributed by atoms with Gasteiger partial charge >= 0.3 is 0 Å². The second kappa shape index (κ2) is 7.65. The fourth-order valence-corrected chi connectivity index (χ4v) is 3.30. The van der Waals surface area contributed by atoms with Crippen molar-refractivity contribution in [2.45, 2.75) is 4.90 Å². The number of amides is 1. The summed E-state index contributed by atoms with van der Waals surface area (Å²) in [5, 5.41) is 8.78. The lowest BCUT2D eigenvalue weighted by Gasteiger charge is -2.09. The Kier molecular flexibility index (Phi) is 5.47. The molecule has 140 valence electrons. The van der Waals surface area contributed by atoms with Crippen LogP contribution in [0.15, 0.2) is 47.6 Å². The van der Waals surface area contributed by atoms with Gasteiger partial charge in [0.25, 0.3) is 5.91 Å². The molecule has 0 saturated carbocycles. The minimum Gasteiger partial charge on any atom is -0.467 e. The maximum Gasteiger partial charge on any atom is 0.262 e. The lowest BCUT2D eigenvalue weighted by atomic mass is 10.2. The van der Waals surface area contributed by atoms with Crippen LogP contribution in [0.1, 0.15) is 0 Å². The zero-order valence-corrected chi connectivity index (χ0v) is 15.8. The minimum atomic E-state index is -3.80. The van der Waals surface area contributed by atoms with Crippen molar-refractivity contribution in [2.24, 2.45) is 5.14 Å². The van der Waals surface area contributed by atoms with Crippen molar-refractivity contribution in [3.05, 3.63) is 52.8 Å². The van der Waals surface area contributed by atoms with E-state index >= 15 is 0 Å². The first-order valence-corrected chi connectivity index (χ1v) is 9.69. The molecule has 3 rings (SSSR count). The Morgan fingerprint density at radius 1 is 1.15 bits per heavy atom. The summed E-state index contributed by atoms with van der Waals surface area (Å²) in [4.78, 5) is 20.1. The third kappa shape index (κ3) is 4.64. The number of sulfonamides is 1. The van der Waals surface area contributed by atoms with Gasteiger partial charge < -0.3 is 10.1 Å². The molecule has 1 heterocycles. The number of carbonyl (C=O) groups is 1. The molecule has 0 aliphatic carbocycles. The van der Waals surface area contributed by atoms with E-state index in [0.717, 1.165) is 0 Å². The van der Waals surface area contributed by atoms with E-state index in [2.05, 4.69) is 15.3 Å². The predicted octanol–water partition coefficient (Wildman–Crippen LogP) is 2.60. The van der Waals surface area contributed by atoms with Crippen LogP contribution in [0.5, 0.6) is 5.88 Å². The van der Waals surface area contributed by atoms with Crippen molar-refractivity contribution >= 4 is 55.7 Å². The number of nitrogens with zero attached hydrogens (tertiary/aromatic N) is 2. The van der Waals surface area contributed by atoms with Gasteiger partial charge in [0.05, 0.1) is 20.8 Å². The first-order valence-electron chi connectivity index (χ1n) is 7.39. The Bertz CT molecular complexity index is 1120. The molecule has 0 aliphatic heterocycles. The van der Waals surface area contributed by atoms with Gasteiger partial charge in [-0.15, -0.1) is 0 Å². The molecule has 3 N–H and O–H groups in total. The summed E-state index contributed by atoms with van der Waals surface area (Å²) >= 11 is 12.1. The predicted molar refractivity (Wildman–Crippen MR) is 101 cm³/mol. The maximum atomic E-state index is 12.1. The van der Waals surface area contributed by atoms with Crippen LogP contribution in [0.2, 0.25) is 10.0 Å². The molecule has 0 saturated heterocycles. The second-order valence-corrected chi connectivity index (χ2v) is 7.77. The van der Waals surface area contributed by atoms with E-state index < -0.39 is 15.9 Å². The van der Waals surface area contributed by atoms with E-state index in [9.17, 15) is 13.2 Å². The maximum absolute atomic E-state index is 12.1. The number of halogens is 2.